The molecule has 7 nitrogen and oxygen atoms in total. The van der Waals surface area contributed by atoms with Crippen molar-refractivity contribution in [3.05, 3.63) is 65.4 Å². The van der Waals surface area contributed by atoms with Gasteiger partial charge in [0.05, 0.1) is 17.6 Å². The van der Waals surface area contributed by atoms with Crippen molar-refractivity contribution in [1.29, 1.82) is 5.26 Å². The average Bonchev–Trinajstić information content (AvgIpc) is 2.84. The zero-order valence-electron chi connectivity index (χ0n) is 18.8. The van der Waals surface area contributed by atoms with Gasteiger partial charge in [0, 0.05) is 55.2 Å². The van der Waals surface area contributed by atoms with Crippen LogP contribution in [0.4, 0.5) is 11.4 Å². The summed E-state index contributed by atoms with van der Waals surface area (Å²) in [5, 5.41) is 16.9. The van der Waals surface area contributed by atoms with Crippen LogP contribution in [0, 0.1) is 11.3 Å². The van der Waals surface area contributed by atoms with E-state index < -0.39 is 0 Å². The van der Waals surface area contributed by atoms with Crippen LogP contribution in [0.25, 0.3) is 10.9 Å². The Morgan fingerprint density at radius 3 is 3.00 bits per heavy atom. The van der Waals surface area contributed by atoms with Gasteiger partial charge in [0.2, 0.25) is 5.91 Å². The maximum absolute atomic E-state index is 12.8. The molecule has 1 atom stereocenters. The van der Waals surface area contributed by atoms with Gasteiger partial charge < -0.3 is 15.5 Å². The van der Waals surface area contributed by atoms with E-state index in [1.165, 1.54) is 11.1 Å². The Labute approximate surface area is 194 Å². The second-order valence-corrected chi connectivity index (χ2v) is 8.87. The van der Waals surface area contributed by atoms with Gasteiger partial charge in [0.25, 0.3) is 0 Å². The molecule has 1 unspecified atom stereocenters. The number of rotatable bonds is 4. The highest BCUT2D eigenvalue weighted by molar-refractivity contribution is 5.95. The number of fused-ring (bicyclic) bond motifs is 2. The van der Waals surface area contributed by atoms with Crippen molar-refractivity contribution in [3.63, 3.8) is 0 Å². The van der Waals surface area contributed by atoms with Gasteiger partial charge >= 0.3 is 0 Å². The first-order chi connectivity index (χ1) is 16.1. The quantitative estimate of drug-likeness (QED) is 0.649. The fraction of sp³-hybridized carbons (Fsp3) is 0.346. The molecule has 0 bridgehead atoms. The molecule has 3 aromatic rings. The third kappa shape index (κ3) is 4.40. The number of hydrogen-bond donors (Lipinski definition) is 2. The highest BCUT2D eigenvalue weighted by Crippen LogP contribution is 2.29. The summed E-state index contributed by atoms with van der Waals surface area (Å²) >= 11 is 0. The van der Waals surface area contributed by atoms with E-state index in [-0.39, 0.29) is 11.9 Å². The predicted octanol–water partition coefficient (Wildman–Crippen LogP) is 2.90. The zero-order chi connectivity index (χ0) is 22.8. The second kappa shape index (κ2) is 9.18. The molecule has 0 saturated carbocycles. The number of hydrogen-bond acceptors (Lipinski definition) is 6. The minimum Gasteiger partial charge on any atom is -0.368 e. The van der Waals surface area contributed by atoms with Gasteiger partial charge in [0.1, 0.15) is 6.07 Å². The van der Waals surface area contributed by atoms with Crippen molar-refractivity contribution in [2.24, 2.45) is 0 Å². The van der Waals surface area contributed by atoms with Crippen molar-refractivity contribution < 1.29 is 4.79 Å². The highest BCUT2D eigenvalue weighted by atomic mass is 16.2. The standard InChI is InChI=1S/C26H28N6O/c1-18-16-32(24-7-5-20(14-27)26-23(24)3-2-9-29-26)12-11-31(18)17-25(33)30-22-6-4-21-15-28-10-8-19(21)13-22/h2-7,9,13,18,28H,8,10-12,15-17H2,1H3,(H,30,33). The van der Waals surface area contributed by atoms with Crippen LogP contribution in [0.5, 0.6) is 0 Å². The molecule has 5 rings (SSSR count). The molecule has 0 aliphatic carbocycles. The molecular formula is C26H28N6O. The van der Waals surface area contributed by atoms with Crippen LogP contribution >= 0.6 is 0 Å². The van der Waals surface area contributed by atoms with Crippen LogP contribution in [0.1, 0.15) is 23.6 Å². The van der Waals surface area contributed by atoms with Crippen LogP contribution in [0.3, 0.4) is 0 Å². The van der Waals surface area contributed by atoms with Crippen molar-refractivity contribution >= 4 is 28.2 Å². The molecule has 2 N–H and O–H groups in total. The monoisotopic (exact) mass is 440 g/mol. The number of nitrogens with zero attached hydrogens (tertiary/aromatic N) is 4. The smallest absolute Gasteiger partial charge is 0.238 e. The Balaban J connectivity index is 1.24. The number of amides is 1. The van der Waals surface area contributed by atoms with Gasteiger partial charge in [-0.25, -0.2) is 0 Å². The first-order valence-electron chi connectivity index (χ1n) is 11.5. The van der Waals surface area contributed by atoms with Gasteiger partial charge in [-0.2, -0.15) is 5.26 Å². The van der Waals surface area contributed by atoms with E-state index in [1.54, 1.807) is 6.20 Å². The molecule has 0 radical (unpaired) electrons. The summed E-state index contributed by atoms with van der Waals surface area (Å²) < 4.78 is 0. The lowest BCUT2D eigenvalue weighted by molar-refractivity contribution is -0.117. The number of piperazine rings is 1. The van der Waals surface area contributed by atoms with E-state index in [1.807, 2.05) is 30.3 Å². The van der Waals surface area contributed by atoms with Gasteiger partial charge in [0.15, 0.2) is 0 Å². The molecule has 2 aliphatic rings. The Morgan fingerprint density at radius 1 is 1.24 bits per heavy atom. The Morgan fingerprint density at radius 2 is 2.15 bits per heavy atom. The van der Waals surface area contributed by atoms with Crippen LogP contribution < -0.4 is 15.5 Å². The predicted molar refractivity (Wildman–Crippen MR) is 130 cm³/mol. The van der Waals surface area contributed by atoms with E-state index in [9.17, 15) is 10.1 Å². The largest absolute Gasteiger partial charge is 0.368 e. The van der Waals surface area contributed by atoms with Gasteiger partial charge in [-0.05, 0) is 67.4 Å². The third-order valence-corrected chi connectivity index (χ3v) is 6.70. The first kappa shape index (κ1) is 21.4. The highest BCUT2D eigenvalue weighted by Gasteiger charge is 2.26. The fourth-order valence-corrected chi connectivity index (χ4v) is 4.91. The summed E-state index contributed by atoms with van der Waals surface area (Å²) in [6.45, 7) is 6.85. The summed E-state index contributed by atoms with van der Waals surface area (Å²) in [6, 6.07) is 16.5. The van der Waals surface area contributed by atoms with Gasteiger partial charge in [-0.3, -0.25) is 14.7 Å². The molecule has 1 amide bonds. The Kier molecular flexibility index (Phi) is 5.95. The minimum absolute atomic E-state index is 0.0252. The summed E-state index contributed by atoms with van der Waals surface area (Å²) in [4.78, 5) is 21.8. The number of nitriles is 1. The third-order valence-electron chi connectivity index (χ3n) is 6.70. The number of carbonyl (C=O) groups excluding carboxylic acids is 1. The van der Waals surface area contributed by atoms with Crippen molar-refractivity contribution in [3.8, 4) is 6.07 Å². The molecule has 0 spiro atoms. The lowest BCUT2D eigenvalue weighted by Gasteiger charge is -2.41. The van der Waals surface area contributed by atoms with Crippen molar-refractivity contribution in [2.75, 3.05) is 42.9 Å². The summed E-state index contributed by atoms with van der Waals surface area (Å²) in [5.41, 5.74) is 5.94. The molecular weight excluding hydrogens is 412 g/mol. The number of benzene rings is 2. The maximum atomic E-state index is 12.8. The number of nitrogens with one attached hydrogen (secondary N) is 2. The lowest BCUT2D eigenvalue weighted by Crippen LogP contribution is -2.53. The zero-order valence-corrected chi connectivity index (χ0v) is 18.8. The number of pyridine rings is 1. The van der Waals surface area contributed by atoms with E-state index in [2.05, 4.69) is 50.5 Å². The van der Waals surface area contributed by atoms with Crippen LogP contribution in [0.15, 0.2) is 48.7 Å². The first-order valence-corrected chi connectivity index (χ1v) is 11.5. The van der Waals surface area contributed by atoms with Crippen LogP contribution in [-0.4, -0.2) is 54.6 Å². The molecule has 33 heavy (non-hydrogen) atoms. The second-order valence-electron chi connectivity index (χ2n) is 8.87. The summed E-state index contributed by atoms with van der Waals surface area (Å²) in [5.74, 6) is 0.0252. The number of anilines is 2. The molecule has 2 aromatic carbocycles. The Bertz CT molecular complexity index is 1230. The molecule has 7 heteroatoms. The van der Waals surface area contributed by atoms with E-state index in [0.717, 1.165) is 61.4 Å². The molecule has 3 heterocycles. The molecule has 1 aromatic heterocycles. The molecule has 168 valence electrons. The summed E-state index contributed by atoms with van der Waals surface area (Å²) in [6.07, 6.45) is 2.73. The normalized spacial score (nSPS) is 18.5. The van der Waals surface area contributed by atoms with Crippen molar-refractivity contribution in [2.45, 2.75) is 25.9 Å². The molecule has 1 fully saturated rings. The maximum Gasteiger partial charge on any atom is 0.238 e. The minimum atomic E-state index is 0.0252. The average molecular weight is 441 g/mol. The van der Waals surface area contributed by atoms with E-state index >= 15 is 0 Å². The van der Waals surface area contributed by atoms with E-state index in [4.69, 9.17) is 0 Å². The SMILES string of the molecule is CC1CN(c2ccc(C#N)c3ncccc23)CCN1CC(=O)Nc1ccc2c(c1)CCNC2. The van der Waals surface area contributed by atoms with Gasteiger partial charge in [-0.15, -0.1) is 0 Å². The van der Waals surface area contributed by atoms with Crippen molar-refractivity contribution in [1.82, 2.24) is 15.2 Å². The van der Waals surface area contributed by atoms with Crippen LogP contribution in [-0.2, 0) is 17.8 Å². The van der Waals surface area contributed by atoms with Crippen LogP contribution in [0.2, 0.25) is 0 Å². The Hall–Kier alpha value is -3.47. The number of carbonyl (C=O) groups is 1. The topological polar surface area (TPSA) is 84.3 Å². The molecule has 2 aliphatic heterocycles. The fourth-order valence-electron chi connectivity index (χ4n) is 4.91. The van der Waals surface area contributed by atoms with Gasteiger partial charge in [-0.1, -0.05) is 6.07 Å². The molecule has 1 saturated heterocycles. The number of aromatic nitrogens is 1. The van der Waals surface area contributed by atoms with E-state index in [0.29, 0.717) is 12.1 Å². The lowest BCUT2D eigenvalue weighted by atomic mass is 10.0. The summed E-state index contributed by atoms with van der Waals surface area (Å²) in [7, 11) is 0.